The van der Waals surface area contributed by atoms with Gasteiger partial charge in [-0.1, -0.05) is 17.7 Å². The highest BCUT2D eigenvalue weighted by Gasteiger charge is 2.18. The number of pyridine rings is 2. The summed E-state index contributed by atoms with van der Waals surface area (Å²) in [6.45, 7) is 1.85. The van der Waals surface area contributed by atoms with Crippen LogP contribution in [0.25, 0.3) is 0 Å². The van der Waals surface area contributed by atoms with Gasteiger partial charge in [0.1, 0.15) is 0 Å². The van der Waals surface area contributed by atoms with E-state index < -0.39 is 4.92 Å². The minimum Gasteiger partial charge on any atom is -0.356 e. The monoisotopic (exact) mass is 278 g/mol. The molecule has 0 saturated carbocycles. The summed E-state index contributed by atoms with van der Waals surface area (Å²) in [7, 11) is 0. The molecule has 2 heterocycles. The van der Waals surface area contributed by atoms with Crippen LogP contribution in [0.4, 0.5) is 11.5 Å². The molecular formula is C12H11ClN4O2. The molecule has 0 aliphatic rings. The molecule has 2 rings (SSSR count). The summed E-state index contributed by atoms with van der Waals surface area (Å²) >= 11 is 5.71. The fraction of sp³-hybridized carbons (Fsp3) is 0.167. The van der Waals surface area contributed by atoms with E-state index in [4.69, 9.17) is 11.6 Å². The molecule has 6 nitrogen and oxygen atoms in total. The van der Waals surface area contributed by atoms with Gasteiger partial charge >= 0.3 is 5.69 Å². The molecule has 0 saturated heterocycles. The zero-order valence-electron chi connectivity index (χ0n) is 10.1. The first-order valence-electron chi connectivity index (χ1n) is 5.55. The Balaban J connectivity index is 2.26. The quantitative estimate of drug-likeness (QED) is 0.686. The Bertz CT molecular complexity index is 592. The molecule has 0 bridgehead atoms. The Morgan fingerprint density at radius 1 is 1.42 bits per heavy atom. The van der Waals surface area contributed by atoms with Gasteiger partial charge in [0, 0.05) is 18.5 Å². The van der Waals surface area contributed by atoms with Crippen LogP contribution in [-0.4, -0.2) is 14.9 Å². The maximum atomic E-state index is 10.9. The first-order chi connectivity index (χ1) is 9.08. The van der Waals surface area contributed by atoms with Crippen molar-refractivity contribution in [1.82, 2.24) is 9.97 Å². The number of nitrogens with one attached hydrogen (secondary N) is 1. The lowest BCUT2D eigenvalue weighted by Crippen LogP contribution is -2.11. The maximum Gasteiger partial charge on any atom is 0.312 e. The van der Waals surface area contributed by atoms with Crippen LogP contribution in [0.5, 0.6) is 0 Å². The highest BCUT2D eigenvalue weighted by Crippen LogP contribution is 2.27. The number of nitro groups is 1. The summed E-state index contributed by atoms with van der Waals surface area (Å²) in [6, 6.07) is 6.55. The second-order valence-electron chi connectivity index (χ2n) is 3.90. The normalized spacial score (nSPS) is 11.9. The zero-order valence-corrected chi connectivity index (χ0v) is 10.8. The molecule has 2 aromatic rings. The first-order valence-corrected chi connectivity index (χ1v) is 5.93. The van der Waals surface area contributed by atoms with Crippen molar-refractivity contribution in [2.45, 2.75) is 13.0 Å². The average molecular weight is 279 g/mol. The average Bonchev–Trinajstić information content (AvgIpc) is 2.41. The van der Waals surface area contributed by atoms with Crippen molar-refractivity contribution in [2.75, 3.05) is 5.32 Å². The lowest BCUT2D eigenvalue weighted by Gasteiger charge is -2.13. The van der Waals surface area contributed by atoms with Crippen molar-refractivity contribution >= 4 is 23.1 Å². The number of aromatic nitrogens is 2. The third-order valence-electron chi connectivity index (χ3n) is 2.52. The molecule has 19 heavy (non-hydrogen) atoms. The molecule has 98 valence electrons. The number of hydrogen-bond donors (Lipinski definition) is 1. The van der Waals surface area contributed by atoms with E-state index in [2.05, 4.69) is 15.3 Å². The molecule has 7 heteroatoms. The van der Waals surface area contributed by atoms with E-state index in [1.807, 2.05) is 19.1 Å². The van der Waals surface area contributed by atoms with Crippen molar-refractivity contribution in [3.8, 4) is 0 Å². The lowest BCUT2D eigenvalue weighted by molar-refractivity contribution is -0.384. The molecule has 0 fully saturated rings. The van der Waals surface area contributed by atoms with Crippen LogP contribution in [0.3, 0.4) is 0 Å². The van der Waals surface area contributed by atoms with Crippen LogP contribution >= 0.6 is 11.6 Å². The van der Waals surface area contributed by atoms with Crippen LogP contribution < -0.4 is 5.32 Å². The second-order valence-corrected chi connectivity index (χ2v) is 4.34. The Hall–Kier alpha value is -2.21. The zero-order chi connectivity index (χ0) is 13.8. The van der Waals surface area contributed by atoms with Crippen molar-refractivity contribution in [2.24, 2.45) is 0 Å². The van der Waals surface area contributed by atoms with Crippen LogP contribution in [0.2, 0.25) is 5.02 Å². The van der Waals surface area contributed by atoms with Crippen molar-refractivity contribution in [3.63, 3.8) is 0 Å². The lowest BCUT2D eigenvalue weighted by atomic mass is 10.2. The number of nitrogens with zero attached hydrogens (tertiary/aromatic N) is 3. The van der Waals surface area contributed by atoms with E-state index in [-0.39, 0.29) is 22.6 Å². The van der Waals surface area contributed by atoms with E-state index in [0.717, 1.165) is 5.69 Å². The highest BCUT2D eigenvalue weighted by molar-refractivity contribution is 6.30. The minimum atomic E-state index is -0.521. The summed E-state index contributed by atoms with van der Waals surface area (Å²) in [6.07, 6.45) is 3.03. The molecule has 0 spiro atoms. The second kappa shape index (κ2) is 5.62. The van der Waals surface area contributed by atoms with E-state index in [1.54, 1.807) is 12.3 Å². The molecule has 0 aliphatic carbocycles. The third-order valence-corrected chi connectivity index (χ3v) is 2.72. The first kappa shape index (κ1) is 13.2. The van der Waals surface area contributed by atoms with Crippen LogP contribution in [0.15, 0.2) is 36.7 Å². The number of halogens is 1. The van der Waals surface area contributed by atoms with Gasteiger partial charge in [0.25, 0.3) is 0 Å². The Morgan fingerprint density at radius 3 is 2.84 bits per heavy atom. The summed E-state index contributed by atoms with van der Waals surface area (Å²) in [5.74, 6) is 0.174. The minimum absolute atomic E-state index is 0.157. The van der Waals surface area contributed by atoms with Crippen LogP contribution in [0.1, 0.15) is 18.7 Å². The summed E-state index contributed by atoms with van der Waals surface area (Å²) in [5.41, 5.74) is 0.615. The van der Waals surface area contributed by atoms with E-state index >= 15 is 0 Å². The number of hydrogen-bond acceptors (Lipinski definition) is 5. The van der Waals surface area contributed by atoms with Crippen LogP contribution in [-0.2, 0) is 0 Å². The standard InChI is InChI=1S/C12H11ClN4O2/c1-8(10-4-2-3-5-14-10)16-12-11(17(18)19)6-9(13)7-15-12/h2-8H,1H3,(H,15,16). The summed E-state index contributed by atoms with van der Waals surface area (Å²) < 4.78 is 0. The molecule has 1 N–H and O–H groups in total. The SMILES string of the molecule is CC(Nc1ncc(Cl)cc1[N+](=O)[O-])c1ccccn1. The van der Waals surface area contributed by atoms with Gasteiger partial charge in [-0.15, -0.1) is 0 Å². The van der Waals surface area contributed by atoms with Gasteiger partial charge in [0.15, 0.2) is 0 Å². The van der Waals surface area contributed by atoms with Crippen LogP contribution in [0, 0.1) is 10.1 Å². The van der Waals surface area contributed by atoms with Gasteiger partial charge in [0.2, 0.25) is 5.82 Å². The number of anilines is 1. The molecule has 1 atom stereocenters. The summed E-state index contributed by atoms with van der Waals surface area (Å²) in [4.78, 5) is 18.6. The smallest absolute Gasteiger partial charge is 0.312 e. The van der Waals surface area contributed by atoms with E-state index in [1.165, 1.54) is 12.3 Å². The molecule has 0 amide bonds. The number of rotatable bonds is 4. The summed E-state index contributed by atoms with van der Waals surface area (Å²) in [5, 5.41) is 14.1. The predicted molar refractivity (Wildman–Crippen MR) is 72.2 cm³/mol. The maximum absolute atomic E-state index is 10.9. The predicted octanol–water partition coefficient (Wildman–Crippen LogP) is 3.21. The van der Waals surface area contributed by atoms with Gasteiger partial charge in [-0.25, -0.2) is 4.98 Å². The fourth-order valence-corrected chi connectivity index (χ4v) is 1.74. The third kappa shape index (κ3) is 3.17. The van der Waals surface area contributed by atoms with Gasteiger partial charge in [-0.2, -0.15) is 0 Å². The van der Waals surface area contributed by atoms with Crippen molar-refractivity contribution < 1.29 is 4.92 Å². The Morgan fingerprint density at radius 2 is 2.21 bits per heavy atom. The molecule has 0 radical (unpaired) electrons. The Kier molecular flexibility index (Phi) is 3.91. The van der Waals surface area contributed by atoms with Crippen molar-refractivity contribution in [1.29, 1.82) is 0 Å². The molecule has 1 unspecified atom stereocenters. The van der Waals surface area contributed by atoms with E-state index in [0.29, 0.717) is 0 Å². The van der Waals surface area contributed by atoms with Crippen molar-refractivity contribution in [3.05, 3.63) is 57.5 Å². The van der Waals surface area contributed by atoms with E-state index in [9.17, 15) is 10.1 Å². The highest BCUT2D eigenvalue weighted by atomic mass is 35.5. The van der Waals surface area contributed by atoms with Gasteiger partial charge in [-0.3, -0.25) is 15.1 Å². The fourth-order valence-electron chi connectivity index (χ4n) is 1.59. The van der Waals surface area contributed by atoms with Gasteiger partial charge in [0.05, 0.1) is 21.7 Å². The molecule has 2 aromatic heterocycles. The molecular weight excluding hydrogens is 268 g/mol. The molecule has 0 aromatic carbocycles. The Labute approximate surface area is 114 Å². The van der Waals surface area contributed by atoms with Gasteiger partial charge in [-0.05, 0) is 19.1 Å². The largest absolute Gasteiger partial charge is 0.356 e. The van der Waals surface area contributed by atoms with Gasteiger partial charge < -0.3 is 5.32 Å². The topological polar surface area (TPSA) is 81.0 Å². The molecule has 0 aliphatic heterocycles.